The van der Waals surface area contributed by atoms with Gasteiger partial charge in [0.1, 0.15) is 0 Å². The Balaban J connectivity index is 1.88. The molecule has 154 valence electrons. The van der Waals surface area contributed by atoms with Gasteiger partial charge < -0.3 is 4.90 Å². The van der Waals surface area contributed by atoms with Crippen molar-refractivity contribution in [1.29, 1.82) is 0 Å². The van der Waals surface area contributed by atoms with Gasteiger partial charge in [0.15, 0.2) is 0 Å². The Kier molecular flexibility index (Phi) is 7.75. The molecule has 1 fully saturated rings. The molecule has 0 saturated heterocycles. The fourth-order valence-corrected chi connectivity index (χ4v) is 4.88. The average Bonchev–Trinajstić information content (AvgIpc) is 2.60. The molecular formula is C22H38N2O2S. The van der Waals surface area contributed by atoms with Gasteiger partial charge in [0.2, 0.25) is 10.0 Å². The van der Waals surface area contributed by atoms with Crippen molar-refractivity contribution >= 4 is 15.7 Å². The molecule has 1 saturated carbocycles. The maximum Gasteiger partial charge on any atom is 0.211 e. The van der Waals surface area contributed by atoms with Gasteiger partial charge in [-0.15, -0.1) is 0 Å². The van der Waals surface area contributed by atoms with Crippen molar-refractivity contribution in [3.63, 3.8) is 0 Å². The summed E-state index contributed by atoms with van der Waals surface area (Å²) in [6.45, 7) is 12.8. The summed E-state index contributed by atoms with van der Waals surface area (Å²) in [6, 6.07) is 9.16. The van der Waals surface area contributed by atoms with Gasteiger partial charge in [-0.3, -0.25) is 0 Å². The Hall–Kier alpha value is -1.07. The summed E-state index contributed by atoms with van der Waals surface area (Å²) in [7, 11) is -3.08. The van der Waals surface area contributed by atoms with Crippen molar-refractivity contribution in [2.24, 2.45) is 11.3 Å². The number of hydrogen-bond acceptors (Lipinski definition) is 3. The van der Waals surface area contributed by atoms with Gasteiger partial charge in [0, 0.05) is 24.8 Å². The normalized spacial score (nSPS) is 21.2. The minimum Gasteiger partial charge on any atom is -0.372 e. The molecule has 5 heteroatoms. The van der Waals surface area contributed by atoms with Crippen molar-refractivity contribution in [3.05, 3.63) is 29.8 Å². The van der Waals surface area contributed by atoms with E-state index in [0.29, 0.717) is 11.3 Å². The highest BCUT2D eigenvalue weighted by molar-refractivity contribution is 7.89. The summed E-state index contributed by atoms with van der Waals surface area (Å²) < 4.78 is 26.4. The second-order valence-corrected chi connectivity index (χ2v) is 11.2. The fraction of sp³-hybridized carbons (Fsp3) is 0.727. The molecule has 1 aromatic carbocycles. The molecule has 1 aliphatic rings. The van der Waals surface area contributed by atoms with E-state index < -0.39 is 10.0 Å². The lowest BCUT2D eigenvalue weighted by molar-refractivity contribution is 0.314. The monoisotopic (exact) mass is 394 g/mol. The third kappa shape index (κ3) is 7.46. The van der Waals surface area contributed by atoms with Gasteiger partial charge in [0.25, 0.3) is 0 Å². The van der Waals surface area contributed by atoms with Crippen molar-refractivity contribution in [3.8, 4) is 0 Å². The van der Waals surface area contributed by atoms with E-state index in [0.717, 1.165) is 45.2 Å². The van der Waals surface area contributed by atoms with E-state index in [2.05, 4.69) is 61.6 Å². The summed E-state index contributed by atoms with van der Waals surface area (Å²) in [4.78, 5) is 2.46. The topological polar surface area (TPSA) is 49.4 Å². The molecule has 1 N–H and O–H groups in total. The van der Waals surface area contributed by atoms with Crippen LogP contribution >= 0.6 is 0 Å². The molecular weight excluding hydrogens is 356 g/mol. The number of nitrogens with one attached hydrogen (secondary N) is 1. The third-order valence-electron chi connectivity index (χ3n) is 5.47. The third-order valence-corrected chi connectivity index (χ3v) is 6.92. The summed E-state index contributed by atoms with van der Waals surface area (Å²) in [5.41, 5.74) is 3.00. The molecule has 0 heterocycles. The lowest BCUT2D eigenvalue weighted by Gasteiger charge is -2.33. The minimum absolute atomic E-state index is 0.123. The van der Waals surface area contributed by atoms with Crippen LogP contribution in [0.2, 0.25) is 0 Å². The first kappa shape index (κ1) is 22.2. The second kappa shape index (κ2) is 9.42. The van der Waals surface area contributed by atoms with Crippen LogP contribution in [-0.4, -0.2) is 33.3 Å². The van der Waals surface area contributed by atoms with E-state index in [1.165, 1.54) is 11.3 Å². The van der Waals surface area contributed by atoms with Crippen LogP contribution in [0, 0.1) is 11.3 Å². The highest BCUT2D eigenvalue weighted by atomic mass is 32.2. The zero-order valence-corrected chi connectivity index (χ0v) is 18.6. The summed E-state index contributed by atoms with van der Waals surface area (Å²) in [5, 5.41) is 0. The molecule has 4 nitrogen and oxygen atoms in total. The molecule has 1 aliphatic carbocycles. The van der Waals surface area contributed by atoms with Crippen molar-refractivity contribution in [2.75, 3.05) is 23.7 Å². The highest BCUT2D eigenvalue weighted by Gasteiger charge is 2.25. The van der Waals surface area contributed by atoms with Gasteiger partial charge >= 0.3 is 0 Å². The van der Waals surface area contributed by atoms with E-state index in [-0.39, 0.29) is 11.8 Å². The Bertz CT molecular complexity index is 669. The Morgan fingerprint density at radius 2 is 1.63 bits per heavy atom. The lowest BCUT2D eigenvalue weighted by atomic mass is 9.86. The summed E-state index contributed by atoms with van der Waals surface area (Å²) >= 11 is 0. The van der Waals surface area contributed by atoms with Gasteiger partial charge in [-0.25, -0.2) is 13.1 Å². The molecule has 0 atom stereocenters. The van der Waals surface area contributed by atoms with Crippen LogP contribution in [0.25, 0.3) is 0 Å². The van der Waals surface area contributed by atoms with Gasteiger partial charge in [-0.05, 0) is 75.0 Å². The SMILES string of the molecule is CCN(CC1CCC(NS(=O)(=O)CC)CC1)c1ccc(CC(C)(C)C)cc1. The maximum atomic E-state index is 11.8. The molecule has 0 spiro atoms. The van der Waals surface area contributed by atoms with Crippen molar-refractivity contribution in [1.82, 2.24) is 4.72 Å². The second-order valence-electron chi connectivity index (χ2n) is 9.18. The van der Waals surface area contributed by atoms with Crippen LogP contribution in [-0.2, 0) is 16.4 Å². The van der Waals surface area contributed by atoms with Gasteiger partial charge in [-0.2, -0.15) is 0 Å². The molecule has 0 radical (unpaired) electrons. The highest BCUT2D eigenvalue weighted by Crippen LogP contribution is 2.28. The fourth-order valence-electron chi connectivity index (χ4n) is 3.97. The number of nitrogens with zero attached hydrogens (tertiary/aromatic N) is 1. The maximum absolute atomic E-state index is 11.8. The van der Waals surface area contributed by atoms with E-state index in [9.17, 15) is 8.42 Å². The Labute approximate surface area is 166 Å². The predicted octanol–water partition coefficient (Wildman–Crippen LogP) is 4.60. The Morgan fingerprint density at radius 1 is 1.04 bits per heavy atom. The van der Waals surface area contributed by atoms with Gasteiger partial charge in [-0.1, -0.05) is 32.9 Å². The van der Waals surface area contributed by atoms with Crippen LogP contribution in [0.15, 0.2) is 24.3 Å². The first-order valence-corrected chi connectivity index (χ1v) is 12.1. The largest absolute Gasteiger partial charge is 0.372 e. The zero-order chi connectivity index (χ0) is 20.1. The molecule has 0 bridgehead atoms. The van der Waals surface area contributed by atoms with E-state index in [1.54, 1.807) is 6.92 Å². The van der Waals surface area contributed by atoms with E-state index in [1.807, 2.05) is 0 Å². The summed E-state index contributed by atoms with van der Waals surface area (Å²) in [5.74, 6) is 0.809. The first-order valence-electron chi connectivity index (χ1n) is 10.5. The molecule has 0 aliphatic heterocycles. The minimum atomic E-state index is -3.08. The lowest BCUT2D eigenvalue weighted by Crippen LogP contribution is -2.40. The molecule has 0 amide bonds. The number of sulfonamides is 1. The van der Waals surface area contributed by atoms with Crippen LogP contribution in [0.4, 0.5) is 5.69 Å². The smallest absolute Gasteiger partial charge is 0.211 e. The first-order chi connectivity index (χ1) is 12.6. The predicted molar refractivity (Wildman–Crippen MR) is 116 cm³/mol. The van der Waals surface area contributed by atoms with Crippen LogP contribution in [0.5, 0.6) is 0 Å². The standard InChI is InChI=1S/C22H38N2O2S/c1-6-24(21-14-10-18(11-15-21)16-22(3,4)5)17-19-8-12-20(13-9-19)23-27(25,26)7-2/h10-11,14-15,19-20,23H,6-9,12-13,16-17H2,1-5H3. The number of rotatable bonds is 8. The molecule has 1 aromatic rings. The van der Waals surface area contributed by atoms with E-state index in [4.69, 9.17) is 0 Å². The van der Waals surface area contributed by atoms with Gasteiger partial charge in [0.05, 0.1) is 5.75 Å². The van der Waals surface area contributed by atoms with Crippen molar-refractivity contribution in [2.45, 2.75) is 72.8 Å². The average molecular weight is 395 g/mol. The summed E-state index contributed by atoms with van der Waals surface area (Å²) in [6.07, 6.45) is 5.18. The molecule has 27 heavy (non-hydrogen) atoms. The zero-order valence-electron chi connectivity index (χ0n) is 17.8. The van der Waals surface area contributed by atoms with Crippen molar-refractivity contribution < 1.29 is 8.42 Å². The number of anilines is 1. The number of benzene rings is 1. The van der Waals surface area contributed by atoms with Crippen LogP contribution < -0.4 is 9.62 Å². The molecule has 2 rings (SSSR count). The van der Waals surface area contributed by atoms with Crippen LogP contribution in [0.1, 0.15) is 65.9 Å². The molecule has 0 unspecified atom stereocenters. The Morgan fingerprint density at radius 3 is 2.11 bits per heavy atom. The molecule has 0 aromatic heterocycles. The van der Waals surface area contributed by atoms with E-state index >= 15 is 0 Å². The van der Waals surface area contributed by atoms with Crippen LogP contribution in [0.3, 0.4) is 0 Å². The number of hydrogen-bond donors (Lipinski definition) is 1. The quantitative estimate of drug-likeness (QED) is 0.701.